The van der Waals surface area contributed by atoms with Gasteiger partial charge in [-0.25, -0.2) is 0 Å². The van der Waals surface area contributed by atoms with Crippen LogP contribution in [0.4, 0.5) is 5.69 Å². The molecule has 0 aliphatic rings. The fraction of sp³-hybridized carbons (Fsp3) is 0.250. The maximum atomic E-state index is 12.4. The molecule has 0 atom stereocenters. The SMILES string of the molecule is CCCCc1ccc(N=Cc2cc(C)n(NC(=O)c3ccccc3)c2C)cc1. The molecule has 3 rings (SSSR count). The third-order valence-electron chi connectivity index (χ3n) is 4.83. The Kier molecular flexibility index (Phi) is 6.43. The zero-order valence-corrected chi connectivity index (χ0v) is 16.8. The van der Waals surface area contributed by atoms with Crippen LogP contribution in [0.15, 0.2) is 65.7 Å². The van der Waals surface area contributed by atoms with E-state index >= 15 is 0 Å². The Bertz CT molecular complexity index is 954. The number of amides is 1. The van der Waals surface area contributed by atoms with Gasteiger partial charge in [-0.3, -0.25) is 19.9 Å². The van der Waals surface area contributed by atoms with Gasteiger partial charge < -0.3 is 0 Å². The number of benzene rings is 2. The number of nitrogens with zero attached hydrogens (tertiary/aromatic N) is 2. The van der Waals surface area contributed by atoms with Crippen LogP contribution in [0.25, 0.3) is 0 Å². The van der Waals surface area contributed by atoms with Crippen LogP contribution in [0.2, 0.25) is 0 Å². The van der Waals surface area contributed by atoms with E-state index in [9.17, 15) is 4.79 Å². The van der Waals surface area contributed by atoms with Crippen molar-refractivity contribution in [3.8, 4) is 0 Å². The minimum absolute atomic E-state index is 0.131. The smallest absolute Gasteiger partial charge is 0.267 e. The van der Waals surface area contributed by atoms with E-state index in [4.69, 9.17) is 0 Å². The molecule has 1 amide bonds. The lowest BCUT2D eigenvalue weighted by Gasteiger charge is -2.11. The molecular formula is C24H27N3O. The van der Waals surface area contributed by atoms with Crippen LogP contribution in [0.1, 0.15) is 52.6 Å². The number of unbranched alkanes of at least 4 members (excludes halogenated alkanes) is 1. The van der Waals surface area contributed by atoms with Gasteiger partial charge in [-0.2, -0.15) is 0 Å². The largest absolute Gasteiger partial charge is 0.270 e. The summed E-state index contributed by atoms with van der Waals surface area (Å²) in [6.07, 6.45) is 5.39. The molecular weight excluding hydrogens is 346 g/mol. The van der Waals surface area contributed by atoms with Crippen LogP contribution >= 0.6 is 0 Å². The van der Waals surface area contributed by atoms with Gasteiger partial charge in [0.2, 0.25) is 0 Å². The van der Waals surface area contributed by atoms with Crippen LogP contribution in [0, 0.1) is 13.8 Å². The number of aliphatic imine (C=N–C) groups is 1. The number of rotatable bonds is 7. The molecule has 2 aromatic carbocycles. The predicted octanol–water partition coefficient (Wildman–Crippen LogP) is 5.58. The maximum Gasteiger partial charge on any atom is 0.270 e. The molecule has 0 aliphatic heterocycles. The van der Waals surface area contributed by atoms with Crippen molar-refractivity contribution in [2.24, 2.45) is 4.99 Å². The molecule has 28 heavy (non-hydrogen) atoms. The molecule has 4 heteroatoms. The van der Waals surface area contributed by atoms with Crippen molar-refractivity contribution >= 4 is 17.8 Å². The van der Waals surface area contributed by atoms with Gasteiger partial charge in [0.05, 0.1) is 5.69 Å². The average molecular weight is 374 g/mol. The molecule has 3 aromatic rings. The average Bonchev–Trinajstić information content (AvgIpc) is 2.99. The number of aryl methyl sites for hydroxylation is 2. The Hall–Kier alpha value is -3.14. The molecule has 4 nitrogen and oxygen atoms in total. The van der Waals surface area contributed by atoms with Gasteiger partial charge in [0, 0.05) is 28.7 Å². The molecule has 1 aromatic heterocycles. The molecule has 0 fully saturated rings. The minimum Gasteiger partial charge on any atom is -0.267 e. The lowest BCUT2D eigenvalue weighted by Crippen LogP contribution is -2.24. The van der Waals surface area contributed by atoms with Crippen LogP contribution in [0.5, 0.6) is 0 Å². The van der Waals surface area contributed by atoms with Crippen LogP contribution < -0.4 is 5.43 Å². The van der Waals surface area contributed by atoms with Crippen molar-refractivity contribution in [2.75, 3.05) is 5.43 Å². The standard InChI is InChI=1S/C24H27N3O/c1-4-5-9-20-12-14-23(15-13-20)25-17-22-16-18(2)27(19(22)3)26-24(28)21-10-7-6-8-11-21/h6-8,10-17H,4-5,9H2,1-3H3,(H,26,28). The lowest BCUT2D eigenvalue weighted by molar-refractivity contribution is 0.101. The van der Waals surface area contributed by atoms with Gasteiger partial charge in [0.25, 0.3) is 5.91 Å². The molecule has 1 N–H and O–H groups in total. The maximum absolute atomic E-state index is 12.4. The molecule has 0 aliphatic carbocycles. The second-order valence-corrected chi connectivity index (χ2v) is 7.00. The first-order chi connectivity index (χ1) is 13.6. The first kappa shape index (κ1) is 19.6. The summed E-state index contributed by atoms with van der Waals surface area (Å²) in [6.45, 7) is 6.16. The van der Waals surface area contributed by atoms with Crippen molar-refractivity contribution < 1.29 is 4.79 Å². The van der Waals surface area contributed by atoms with Gasteiger partial charge in [-0.15, -0.1) is 0 Å². The van der Waals surface area contributed by atoms with Gasteiger partial charge in [0.15, 0.2) is 0 Å². The van der Waals surface area contributed by atoms with E-state index in [0.717, 1.165) is 29.1 Å². The molecule has 0 bridgehead atoms. The first-order valence-corrected chi connectivity index (χ1v) is 9.77. The zero-order chi connectivity index (χ0) is 19.9. The number of nitrogens with one attached hydrogen (secondary N) is 1. The van der Waals surface area contributed by atoms with E-state index in [1.807, 2.05) is 49.0 Å². The highest BCUT2D eigenvalue weighted by molar-refractivity contribution is 6.00. The van der Waals surface area contributed by atoms with Crippen molar-refractivity contribution in [1.82, 2.24) is 4.68 Å². The van der Waals surface area contributed by atoms with Crippen molar-refractivity contribution in [1.29, 1.82) is 0 Å². The van der Waals surface area contributed by atoms with E-state index < -0.39 is 0 Å². The molecule has 0 saturated heterocycles. The van der Waals surface area contributed by atoms with Crippen molar-refractivity contribution in [3.05, 3.63) is 88.7 Å². The Balaban J connectivity index is 1.72. The van der Waals surface area contributed by atoms with E-state index in [1.54, 1.807) is 12.1 Å². The monoisotopic (exact) mass is 373 g/mol. The molecule has 0 radical (unpaired) electrons. The summed E-state index contributed by atoms with van der Waals surface area (Å²) < 4.78 is 1.81. The Labute approximate surface area is 166 Å². The van der Waals surface area contributed by atoms with Crippen LogP contribution in [-0.4, -0.2) is 16.8 Å². The highest BCUT2D eigenvalue weighted by Gasteiger charge is 2.11. The molecule has 0 unspecified atom stereocenters. The number of carbonyl (C=O) groups excluding carboxylic acids is 1. The Morgan fingerprint density at radius 2 is 1.79 bits per heavy atom. The number of hydrogen-bond acceptors (Lipinski definition) is 2. The minimum atomic E-state index is -0.131. The molecule has 1 heterocycles. The zero-order valence-electron chi connectivity index (χ0n) is 16.8. The summed E-state index contributed by atoms with van der Waals surface area (Å²) in [5, 5.41) is 0. The highest BCUT2D eigenvalue weighted by Crippen LogP contribution is 2.17. The summed E-state index contributed by atoms with van der Waals surface area (Å²) >= 11 is 0. The number of aromatic nitrogens is 1. The van der Waals surface area contributed by atoms with E-state index in [2.05, 4.69) is 41.6 Å². The van der Waals surface area contributed by atoms with Gasteiger partial charge in [-0.05, 0) is 62.6 Å². The fourth-order valence-electron chi connectivity index (χ4n) is 3.12. The summed E-state index contributed by atoms with van der Waals surface area (Å²) in [6, 6.07) is 19.6. The molecule has 0 spiro atoms. The predicted molar refractivity (Wildman–Crippen MR) is 116 cm³/mol. The third-order valence-corrected chi connectivity index (χ3v) is 4.83. The normalized spacial score (nSPS) is 11.1. The van der Waals surface area contributed by atoms with Crippen LogP contribution in [-0.2, 0) is 6.42 Å². The van der Waals surface area contributed by atoms with Gasteiger partial charge in [-0.1, -0.05) is 43.7 Å². The summed E-state index contributed by atoms with van der Waals surface area (Å²) in [4.78, 5) is 17.0. The van der Waals surface area contributed by atoms with E-state index in [-0.39, 0.29) is 5.91 Å². The molecule has 0 saturated carbocycles. The van der Waals surface area contributed by atoms with Crippen molar-refractivity contribution in [3.63, 3.8) is 0 Å². The molecule has 144 valence electrons. The Morgan fingerprint density at radius 3 is 2.46 bits per heavy atom. The van der Waals surface area contributed by atoms with Crippen molar-refractivity contribution in [2.45, 2.75) is 40.0 Å². The van der Waals surface area contributed by atoms with Crippen LogP contribution in [0.3, 0.4) is 0 Å². The number of carbonyl (C=O) groups is 1. The third kappa shape index (κ3) is 4.77. The Morgan fingerprint density at radius 1 is 1.07 bits per heavy atom. The topological polar surface area (TPSA) is 46.4 Å². The summed E-state index contributed by atoms with van der Waals surface area (Å²) in [7, 11) is 0. The van der Waals surface area contributed by atoms with Gasteiger partial charge in [0.1, 0.15) is 0 Å². The second-order valence-electron chi connectivity index (χ2n) is 7.00. The first-order valence-electron chi connectivity index (χ1n) is 9.77. The summed E-state index contributed by atoms with van der Waals surface area (Å²) in [5.74, 6) is -0.131. The van der Waals surface area contributed by atoms with E-state index in [1.165, 1.54) is 18.4 Å². The quantitative estimate of drug-likeness (QED) is 0.540. The van der Waals surface area contributed by atoms with Gasteiger partial charge >= 0.3 is 0 Å². The summed E-state index contributed by atoms with van der Waals surface area (Å²) in [5.41, 5.74) is 8.76. The second kappa shape index (κ2) is 9.18. The lowest BCUT2D eigenvalue weighted by atomic mass is 10.1. The highest BCUT2D eigenvalue weighted by atomic mass is 16.2. The number of hydrogen-bond donors (Lipinski definition) is 1. The fourth-order valence-corrected chi connectivity index (χ4v) is 3.12. The van der Waals surface area contributed by atoms with E-state index in [0.29, 0.717) is 5.56 Å².